The van der Waals surface area contributed by atoms with Gasteiger partial charge in [-0.2, -0.15) is 0 Å². The molecule has 1 aromatic carbocycles. The van der Waals surface area contributed by atoms with E-state index in [4.69, 9.17) is 4.74 Å². The van der Waals surface area contributed by atoms with Gasteiger partial charge < -0.3 is 14.5 Å². The summed E-state index contributed by atoms with van der Waals surface area (Å²) in [7, 11) is 0. The molecule has 0 aromatic heterocycles. The van der Waals surface area contributed by atoms with Crippen molar-refractivity contribution in [2.75, 3.05) is 24.5 Å². The van der Waals surface area contributed by atoms with E-state index in [0.717, 1.165) is 11.3 Å². The first-order valence-electron chi connectivity index (χ1n) is 8.15. The van der Waals surface area contributed by atoms with Crippen molar-refractivity contribution in [1.82, 2.24) is 4.90 Å². The van der Waals surface area contributed by atoms with Crippen molar-refractivity contribution in [2.24, 2.45) is 0 Å². The van der Waals surface area contributed by atoms with Gasteiger partial charge in [0.1, 0.15) is 6.54 Å². The fourth-order valence-corrected chi connectivity index (χ4v) is 3.57. The van der Waals surface area contributed by atoms with Crippen LogP contribution in [0.25, 0.3) is 0 Å². The Morgan fingerprint density at radius 1 is 1.22 bits per heavy atom. The van der Waals surface area contributed by atoms with Gasteiger partial charge in [-0.3, -0.25) is 9.59 Å². The maximum atomic E-state index is 12.8. The van der Waals surface area contributed by atoms with E-state index in [-0.39, 0.29) is 30.6 Å². The number of hydrogen-bond donors (Lipinski definition) is 0. The molecule has 2 atom stereocenters. The number of morpholine rings is 1. The van der Waals surface area contributed by atoms with E-state index in [9.17, 15) is 9.59 Å². The van der Waals surface area contributed by atoms with Crippen LogP contribution >= 0.6 is 0 Å². The summed E-state index contributed by atoms with van der Waals surface area (Å²) in [6.07, 6.45) is 0.0569. The van der Waals surface area contributed by atoms with Crippen molar-refractivity contribution in [3.63, 3.8) is 0 Å². The molecular formula is C18H24N2O3. The predicted octanol–water partition coefficient (Wildman–Crippen LogP) is 1.95. The van der Waals surface area contributed by atoms with E-state index >= 15 is 0 Å². The number of para-hydroxylation sites is 1. The molecule has 1 fully saturated rings. The van der Waals surface area contributed by atoms with Crippen LogP contribution in [0.4, 0.5) is 5.69 Å². The van der Waals surface area contributed by atoms with Crippen molar-refractivity contribution in [3.8, 4) is 0 Å². The molecule has 0 bridgehead atoms. The summed E-state index contributed by atoms with van der Waals surface area (Å²) < 4.78 is 5.67. The maximum absolute atomic E-state index is 12.8. The Labute approximate surface area is 137 Å². The SMILES string of the molecule is C[C@H]1CN(C(=O)CN2C(=O)C(C)(C)c3ccccc32)C[C@H](C)O1. The molecule has 0 N–H and O–H groups in total. The van der Waals surface area contributed by atoms with Gasteiger partial charge in [-0.25, -0.2) is 0 Å². The summed E-state index contributed by atoms with van der Waals surface area (Å²) in [5.74, 6) is -0.0331. The third-order valence-corrected chi connectivity index (χ3v) is 4.71. The van der Waals surface area contributed by atoms with Gasteiger partial charge in [0.05, 0.1) is 17.6 Å². The summed E-state index contributed by atoms with van der Waals surface area (Å²) in [5.41, 5.74) is 1.26. The van der Waals surface area contributed by atoms with E-state index in [1.807, 2.05) is 52.0 Å². The van der Waals surface area contributed by atoms with E-state index in [0.29, 0.717) is 13.1 Å². The number of nitrogens with zero attached hydrogens (tertiary/aromatic N) is 2. The van der Waals surface area contributed by atoms with Gasteiger partial charge >= 0.3 is 0 Å². The van der Waals surface area contributed by atoms with Gasteiger partial charge in [-0.15, -0.1) is 0 Å². The first kappa shape index (κ1) is 16.0. The smallest absolute Gasteiger partial charge is 0.242 e. The number of amides is 2. The number of benzene rings is 1. The van der Waals surface area contributed by atoms with Crippen molar-refractivity contribution >= 4 is 17.5 Å². The average molecular weight is 316 g/mol. The Morgan fingerprint density at radius 3 is 2.48 bits per heavy atom. The Balaban J connectivity index is 1.80. The van der Waals surface area contributed by atoms with Crippen LogP contribution in [0.3, 0.4) is 0 Å². The van der Waals surface area contributed by atoms with Crippen LogP contribution in [0.2, 0.25) is 0 Å². The van der Waals surface area contributed by atoms with Crippen LogP contribution in [0.1, 0.15) is 33.3 Å². The monoisotopic (exact) mass is 316 g/mol. The fourth-order valence-electron chi connectivity index (χ4n) is 3.57. The molecule has 3 rings (SSSR count). The lowest BCUT2D eigenvalue weighted by Crippen LogP contribution is -2.52. The molecule has 0 aliphatic carbocycles. The minimum Gasteiger partial charge on any atom is -0.372 e. The van der Waals surface area contributed by atoms with Crippen LogP contribution in [0.5, 0.6) is 0 Å². The number of fused-ring (bicyclic) bond motifs is 1. The first-order valence-corrected chi connectivity index (χ1v) is 8.15. The number of rotatable bonds is 2. The first-order chi connectivity index (χ1) is 10.8. The van der Waals surface area contributed by atoms with Crippen LogP contribution in [0.15, 0.2) is 24.3 Å². The van der Waals surface area contributed by atoms with Crippen LogP contribution in [-0.4, -0.2) is 48.6 Å². The van der Waals surface area contributed by atoms with Crippen LogP contribution in [-0.2, 0) is 19.7 Å². The molecule has 5 heteroatoms. The second kappa shape index (κ2) is 5.64. The summed E-state index contributed by atoms with van der Waals surface area (Å²) in [6.45, 7) is 9.02. The second-order valence-corrected chi connectivity index (χ2v) is 7.09. The summed E-state index contributed by atoms with van der Waals surface area (Å²) >= 11 is 0. The topological polar surface area (TPSA) is 49.9 Å². The number of hydrogen-bond acceptors (Lipinski definition) is 3. The van der Waals surface area contributed by atoms with E-state index < -0.39 is 5.41 Å². The molecule has 2 aliphatic heterocycles. The lowest BCUT2D eigenvalue weighted by molar-refractivity contribution is -0.142. The van der Waals surface area contributed by atoms with Crippen LogP contribution in [0, 0.1) is 0 Å². The van der Waals surface area contributed by atoms with E-state index in [1.54, 1.807) is 9.80 Å². The zero-order valence-electron chi connectivity index (χ0n) is 14.2. The highest BCUT2D eigenvalue weighted by Gasteiger charge is 2.44. The zero-order chi connectivity index (χ0) is 16.8. The largest absolute Gasteiger partial charge is 0.372 e. The standard InChI is InChI=1S/C18H24N2O3/c1-12-9-19(10-13(2)23-12)16(21)11-20-15-8-6-5-7-14(15)18(3,4)17(20)22/h5-8,12-13H,9-11H2,1-4H3/t12-,13-/m0/s1. The Morgan fingerprint density at radius 2 is 1.83 bits per heavy atom. The molecular weight excluding hydrogens is 292 g/mol. The molecule has 124 valence electrons. The zero-order valence-corrected chi connectivity index (χ0v) is 14.2. The molecule has 0 radical (unpaired) electrons. The minimum atomic E-state index is -0.581. The number of anilines is 1. The van der Waals surface area contributed by atoms with Gasteiger partial charge in [-0.05, 0) is 39.3 Å². The fraction of sp³-hybridized carbons (Fsp3) is 0.556. The molecule has 1 aromatic rings. The van der Waals surface area contributed by atoms with E-state index in [2.05, 4.69) is 0 Å². The maximum Gasteiger partial charge on any atom is 0.242 e. The molecule has 0 saturated carbocycles. The highest BCUT2D eigenvalue weighted by atomic mass is 16.5. The Bertz CT molecular complexity index is 631. The Kier molecular flexibility index (Phi) is 3.92. The normalized spacial score (nSPS) is 26.3. The van der Waals surface area contributed by atoms with Gasteiger partial charge in [0.15, 0.2) is 0 Å². The molecule has 23 heavy (non-hydrogen) atoms. The molecule has 2 aliphatic rings. The van der Waals surface area contributed by atoms with Crippen molar-refractivity contribution < 1.29 is 14.3 Å². The lowest BCUT2D eigenvalue weighted by atomic mass is 9.86. The Hall–Kier alpha value is -1.88. The van der Waals surface area contributed by atoms with Gasteiger partial charge in [0, 0.05) is 18.8 Å². The van der Waals surface area contributed by atoms with Crippen molar-refractivity contribution in [1.29, 1.82) is 0 Å². The van der Waals surface area contributed by atoms with Gasteiger partial charge in [0.25, 0.3) is 0 Å². The van der Waals surface area contributed by atoms with Gasteiger partial charge in [0.2, 0.25) is 11.8 Å². The van der Waals surface area contributed by atoms with Crippen molar-refractivity contribution in [2.45, 2.75) is 45.3 Å². The highest BCUT2D eigenvalue weighted by Crippen LogP contribution is 2.41. The third kappa shape index (κ3) is 2.74. The molecule has 5 nitrogen and oxygen atoms in total. The third-order valence-electron chi connectivity index (χ3n) is 4.71. The summed E-state index contributed by atoms with van der Waals surface area (Å²) in [4.78, 5) is 28.9. The number of carbonyl (C=O) groups is 2. The molecule has 2 amide bonds. The van der Waals surface area contributed by atoms with Gasteiger partial charge in [-0.1, -0.05) is 18.2 Å². The average Bonchev–Trinajstić information content (AvgIpc) is 2.68. The minimum absolute atomic E-state index is 0.0126. The highest BCUT2D eigenvalue weighted by molar-refractivity contribution is 6.10. The number of ether oxygens (including phenoxy) is 1. The second-order valence-electron chi connectivity index (χ2n) is 7.09. The van der Waals surface area contributed by atoms with E-state index in [1.165, 1.54) is 0 Å². The molecule has 1 saturated heterocycles. The predicted molar refractivity (Wildman–Crippen MR) is 88.4 cm³/mol. The number of carbonyl (C=O) groups excluding carboxylic acids is 2. The molecule has 0 spiro atoms. The quantitative estimate of drug-likeness (QED) is 0.838. The summed E-state index contributed by atoms with van der Waals surface area (Å²) in [5, 5.41) is 0. The van der Waals surface area contributed by atoms with Crippen LogP contribution < -0.4 is 4.90 Å². The lowest BCUT2D eigenvalue weighted by Gasteiger charge is -2.36. The molecule has 2 heterocycles. The summed E-state index contributed by atoms with van der Waals surface area (Å²) in [6, 6.07) is 7.73. The van der Waals surface area contributed by atoms with Crippen molar-refractivity contribution in [3.05, 3.63) is 29.8 Å². The molecule has 0 unspecified atom stereocenters.